The minimum atomic E-state index is -0.583. The van der Waals surface area contributed by atoms with Crippen LogP contribution >= 0.6 is 0 Å². The van der Waals surface area contributed by atoms with E-state index >= 15 is 0 Å². The van der Waals surface area contributed by atoms with Crippen LogP contribution in [0.5, 0.6) is 11.5 Å². The van der Waals surface area contributed by atoms with Gasteiger partial charge in [-0.3, -0.25) is 9.59 Å². The normalized spacial score (nSPS) is 13.0. The van der Waals surface area contributed by atoms with Gasteiger partial charge in [0, 0.05) is 36.1 Å². The summed E-state index contributed by atoms with van der Waals surface area (Å²) in [5.41, 5.74) is 23.8. The van der Waals surface area contributed by atoms with Crippen molar-refractivity contribution in [3.8, 4) is 11.5 Å². The topological polar surface area (TPSA) is 147 Å². The number of carbonyl (C=O) groups excluding carboxylic acids is 2. The van der Waals surface area contributed by atoms with Gasteiger partial charge in [0.2, 0.25) is 11.8 Å². The number of amides is 2. The molecule has 8 N–H and O–H groups in total. The lowest BCUT2D eigenvalue weighted by atomic mass is 10.0. The molecule has 2 aromatic rings. The summed E-state index contributed by atoms with van der Waals surface area (Å²) in [5, 5.41) is 0. The standard InChI is InChI=1S/C18H22N4O3/c19-13(9-17(21)23)11-5-1-3-7-15(11)25-16-8-4-2-6-12(16)14(20)10-18(22)24/h1-8,13-14H,9-10,19-20H2,(H2,21,23)(H2,22,24). The Balaban J connectivity index is 2.32. The summed E-state index contributed by atoms with van der Waals surface area (Å²) in [5.74, 6) is 0.00215. The molecule has 0 bridgehead atoms. The monoisotopic (exact) mass is 342 g/mol. The van der Waals surface area contributed by atoms with E-state index in [0.717, 1.165) is 0 Å². The maximum absolute atomic E-state index is 11.1. The van der Waals surface area contributed by atoms with Gasteiger partial charge in [-0.2, -0.15) is 0 Å². The number of nitrogens with two attached hydrogens (primary N) is 4. The van der Waals surface area contributed by atoms with Gasteiger partial charge in [-0.05, 0) is 12.1 Å². The van der Waals surface area contributed by atoms with Crippen molar-refractivity contribution in [3.63, 3.8) is 0 Å². The third-order valence-electron chi connectivity index (χ3n) is 3.70. The second kappa shape index (κ2) is 8.27. The number of ether oxygens (including phenoxy) is 1. The number of para-hydroxylation sites is 2. The average molecular weight is 342 g/mol. The fourth-order valence-electron chi connectivity index (χ4n) is 2.53. The Hall–Kier alpha value is -2.90. The third-order valence-corrected chi connectivity index (χ3v) is 3.70. The maximum atomic E-state index is 11.1. The summed E-state index contributed by atoms with van der Waals surface area (Å²) in [7, 11) is 0. The fourth-order valence-corrected chi connectivity index (χ4v) is 2.53. The molecule has 0 radical (unpaired) electrons. The van der Waals surface area contributed by atoms with Gasteiger partial charge in [0.25, 0.3) is 0 Å². The first kappa shape index (κ1) is 18.4. The first-order chi connectivity index (χ1) is 11.9. The molecule has 0 aliphatic rings. The lowest BCUT2D eigenvalue weighted by Gasteiger charge is -2.19. The van der Waals surface area contributed by atoms with Crippen molar-refractivity contribution >= 4 is 11.8 Å². The van der Waals surface area contributed by atoms with Gasteiger partial charge in [-0.25, -0.2) is 0 Å². The largest absolute Gasteiger partial charge is 0.457 e. The van der Waals surface area contributed by atoms with Crippen molar-refractivity contribution in [1.82, 2.24) is 0 Å². The molecule has 0 saturated carbocycles. The van der Waals surface area contributed by atoms with E-state index in [1.807, 2.05) is 0 Å². The van der Waals surface area contributed by atoms with Crippen molar-refractivity contribution in [2.45, 2.75) is 24.9 Å². The molecular formula is C18H22N4O3. The Kier molecular flexibility index (Phi) is 6.10. The minimum Gasteiger partial charge on any atom is -0.457 e. The zero-order valence-electron chi connectivity index (χ0n) is 13.7. The van der Waals surface area contributed by atoms with Crippen LogP contribution in [-0.2, 0) is 9.59 Å². The molecule has 25 heavy (non-hydrogen) atoms. The summed E-state index contributed by atoms with van der Waals surface area (Å²) in [6.07, 6.45) is 0.00637. The molecule has 7 nitrogen and oxygen atoms in total. The molecule has 0 fully saturated rings. The van der Waals surface area contributed by atoms with Crippen molar-refractivity contribution in [3.05, 3.63) is 59.7 Å². The zero-order chi connectivity index (χ0) is 18.4. The van der Waals surface area contributed by atoms with Crippen LogP contribution in [0, 0.1) is 0 Å². The summed E-state index contributed by atoms with van der Waals surface area (Å²) in [6, 6.07) is 13.0. The third kappa shape index (κ3) is 5.03. The van der Waals surface area contributed by atoms with Crippen molar-refractivity contribution in [2.24, 2.45) is 22.9 Å². The Morgan fingerprint density at radius 3 is 1.48 bits per heavy atom. The second-order valence-electron chi connectivity index (χ2n) is 5.73. The quantitative estimate of drug-likeness (QED) is 0.569. The van der Waals surface area contributed by atoms with Crippen LogP contribution in [0.2, 0.25) is 0 Å². The summed E-state index contributed by atoms with van der Waals surface area (Å²) in [4.78, 5) is 22.3. The summed E-state index contributed by atoms with van der Waals surface area (Å²) >= 11 is 0. The molecule has 7 heteroatoms. The smallest absolute Gasteiger partial charge is 0.219 e. The van der Waals surface area contributed by atoms with E-state index in [0.29, 0.717) is 22.6 Å². The molecule has 0 saturated heterocycles. The number of rotatable bonds is 8. The van der Waals surface area contributed by atoms with E-state index in [9.17, 15) is 9.59 Å². The molecule has 0 aliphatic carbocycles. The van der Waals surface area contributed by atoms with E-state index in [1.165, 1.54) is 0 Å². The number of hydrogen-bond acceptors (Lipinski definition) is 5. The van der Waals surface area contributed by atoms with E-state index in [1.54, 1.807) is 48.5 Å². The first-order valence-electron chi connectivity index (χ1n) is 7.82. The Labute approximate surface area is 145 Å². The lowest BCUT2D eigenvalue weighted by molar-refractivity contribution is -0.119. The van der Waals surface area contributed by atoms with Crippen LogP contribution in [0.3, 0.4) is 0 Å². The highest BCUT2D eigenvalue weighted by molar-refractivity contribution is 5.75. The van der Waals surface area contributed by atoms with E-state index in [-0.39, 0.29) is 12.8 Å². The van der Waals surface area contributed by atoms with Gasteiger partial charge in [0.15, 0.2) is 0 Å². The minimum absolute atomic E-state index is 0.00318. The predicted molar refractivity (Wildman–Crippen MR) is 94.4 cm³/mol. The van der Waals surface area contributed by atoms with E-state index < -0.39 is 23.9 Å². The molecule has 0 aromatic heterocycles. The van der Waals surface area contributed by atoms with Gasteiger partial charge in [-0.15, -0.1) is 0 Å². The van der Waals surface area contributed by atoms with Crippen LogP contribution in [0.15, 0.2) is 48.5 Å². The molecule has 2 rings (SSSR count). The first-order valence-corrected chi connectivity index (χ1v) is 7.82. The van der Waals surface area contributed by atoms with Crippen molar-refractivity contribution in [1.29, 1.82) is 0 Å². The molecule has 2 unspecified atom stereocenters. The number of primary amides is 2. The molecule has 2 aromatic carbocycles. The maximum Gasteiger partial charge on any atom is 0.219 e. The highest BCUT2D eigenvalue weighted by Crippen LogP contribution is 2.34. The second-order valence-corrected chi connectivity index (χ2v) is 5.73. The summed E-state index contributed by atoms with van der Waals surface area (Å²) < 4.78 is 5.98. The van der Waals surface area contributed by atoms with Crippen LogP contribution in [-0.4, -0.2) is 11.8 Å². The Morgan fingerprint density at radius 1 is 0.760 bits per heavy atom. The molecule has 2 atom stereocenters. The fraction of sp³-hybridized carbons (Fsp3) is 0.222. The molecular weight excluding hydrogens is 320 g/mol. The van der Waals surface area contributed by atoms with Crippen LogP contribution < -0.4 is 27.7 Å². The molecule has 0 heterocycles. The number of hydrogen-bond donors (Lipinski definition) is 4. The van der Waals surface area contributed by atoms with E-state index in [4.69, 9.17) is 27.7 Å². The Bertz CT molecular complexity index is 700. The zero-order valence-corrected chi connectivity index (χ0v) is 13.7. The SMILES string of the molecule is NC(=O)CC(N)c1ccccc1Oc1ccccc1C(N)CC(N)=O. The number of carbonyl (C=O) groups is 2. The van der Waals surface area contributed by atoms with E-state index in [2.05, 4.69) is 0 Å². The molecule has 0 aliphatic heterocycles. The highest BCUT2D eigenvalue weighted by atomic mass is 16.5. The Morgan fingerprint density at radius 2 is 1.12 bits per heavy atom. The number of benzene rings is 2. The van der Waals surface area contributed by atoms with Gasteiger partial charge < -0.3 is 27.7 Å². The van der Waals surface area contributed by atoms with Crippen molar-refractivity contribution in [2.75, 3.05) is 0 Å². The summed E-state index contributed by atoms with van der Waals surface area (Å²) in [6.45, 7) is 0. The van der Waals surface area contributed by atoms with Gasteiger partial charge in [-0.1, -0.05) is 36.4 Å². The van der Waals surface area contributed by atoms with Crippen LogP contribution in [0.1, 0.15) is 36.1 Å². The van der Waals surface area contributed by atoms with Gasteiger partial charge in [0.05, 0.1) is 0 Å². The average Bonchev–Trinajstić information content (AvgIpc) is 2.54. The van der Waals surface area contributed by atoms with Gasteiger partial charge >= 0.3 is 0 Å². The molecule has 132 valence electrons. The predicted octanol–water partition coefficient (Wildman–Crippen LogP) is 1.23. The van der Waals surface area contributed by atoms with Crippen molar-refractivity contribution < 1.29 is 14.3 Å². The van der Waals surface area contributed by atoms with Crippen LogP contribution in [0.25, 0.3) is 0 Å². The lowest BCUT2D eigenvalue weighted by Crippen LogP contribution is -2.21. The van der Waals surface area contributed by atoms with Crippen LogP contribution in [0.4, 0.5) is 0 Å². The highest BCUT2D eigenvalue weighted by Gasteiger charge is 2.18. The van der Waals surface area contributed by atoms with Gasteiger partial charge in [0.1, 0.15) is 11.5 Å². The molecule has 2 amide bonds. The molecule has 0 spiro atoms.